The van der Waals surface area contributed by atoms with Crippen LogP contribution in [0.1, 0.15) is 71.4 Å². The van der Waals surface area contributed by atoms with Crippen molar-refractivity contribution in [2.45, 2.75) is 90.8 Å². The van der Waals surface area contributed by atoms with E-state index in [4.69, 9.17) is 0 Å². The molecule has 1 amide bonds. The molecule has 0 radical (unpaired) electrons. The number of hydrogen-bond acceptors (Lipinski definition) is 2. The van der Waals surface area contributed by atoms with Crippen molar-refractivity contribution in [3.8, 4) is 0 Å². The Morgan fingerprint density at radius 3 is 2.50 bits per heavy atom. The Balaban J connectivity index is 1.85. The molecule has 2 heterocycles. The summed E-state index contributed by atoms with van der Waals surface area (Å²) in [7, 11) is 0. The first-order valence-electron chi connectivity index (χ1n) is 10.8. The van der Waals surface area contributed by atoms with E-state index in [2.05, 4.69) is 74.9 Å². The van der Waals surface area contributed by atoms with Gasteiger partial charge < -0.3 is 15.2 Å². The maximum atomic E-state index is 13.5. The van der Waals surface area contributed by atoms with E-state index in [0.29, 0.717) is 6.42 Å². The number of aromatic nitrogens is 1. The van der Waals surface area contributed by atoms with Crippen molar-refractivity contribution < 1.29 is 4.79 Å². The van der Waals surface area contributed by atoms with Crippen LogP contribution in [0.3, 0.4) is 0 Å². The van der Waals surface area contributed by atoms with E-state index in [-0.39, 0.29) is 23.0 Å². The number of carbonyl (C=O) groups is 1. The molecule has 0 bridgehead atoms. The second-order valence-corrected chi connectivity index (χ2v) is 9.88. The Hall–Kier alpha value is -1.81. The molecule has 1 aromatic carbocycles. The first-order chi connectivity index (χ1) is 13.1. The normalized spacial score (nSPS) is 19.1. The lowest BCUT2D eigenvalue weighted by Crippen LogP contribution is -2.63. The quantitative estimate of drug-likeness (QED) is 0.741. The molecular formula is C24H37N3O. The van der Waals surface area contributed by atoms with Crippen LogP contribution in [0, 0.1) is 6.92 Å². The summed E-state index contributed by atoms with van der Waals surface area (Å²) in [6, 6.07) is 6.56. The molecule has 4 nitrogen and oxygen atoms in total. The highest BCUT2D eigenvalue weighted by molar-refractivity contribution is 5.91. The lowest BCUT2D eigenvalue weighted by Gasteiger charge is -2.49. The van der Waals surface area contributed by atoms with Crippen molar-refractivity contribution in [2.24, 2.45) is 0 Å². The Morgan fingerprint density at radius 2 is 1.86 bits per heavy atom. The van der Waals surface area contributed by atoms with Gasteiger partial charge in [0.15, 0.2) is 0 Å². The van der Waals surface area contributed by atoms with Gasteiger partial charge in [0.2, 0.25) is 5.91 Å². The highest BCUT2D eigenvalue weighted by Crippen LogP contribution is 2.32. The first-order valence-corrected chi connectivity index (χ1v) is 10.8. The summed E-state index contributed by atoms with van der Waals surface area (Å²) in [4.78, 5) is 19.0. The topological polar surface area (TPSA) is 48.1 Å². The monoisotopic (exact) mass is 383 g/mol. The van der Waals surface area contributed by atoms with E-state index < -0.39 is 0 Å². The zero-order chi connectivity index (χ0) is 20.5. The number of nitrogens with zero attached hydrogens (tertiary/aromatic N) is 1. The average molecular weight is 384 g/mol. The zero-order valence-electron chi connectivity index (χ0n) is 18.5. The molecule has 2 aromatic rings. The maximum absolute atomic E-state index is 13.5. The van der Waals surface area contributed by atoms with Gasteiger partial charge in [0.25, 0.3) is 0 Å². The second-order valence-electron chi connectivity index (χ2n) is 9.88. The van der Waals surface area contributed by atoms with Gasteiger partial charge in [-0.2, -0.15) is 0 Å². The molecule has 154 valence electrons. The minimum atomic E-state index is 0.0362. The van der Waals surface area contributed by atoms with Gasteiger partial charge >= 0.3 is 0 Å². The molecule has 1 aliphatic heterocycles. The maximum Gasteiger partial charge on any atom is 0.227 e. The van der Waals surface area contributed by atoms with Gasteiger partial charge in [-0.05, 0) is 71.1 Å². The Bertz CT molecular complexity index is 817. The van der Waals surface area contributed by atoms with Gasteiger partial charge in [-0.3, -0.25) is 4.79 Å². The molecule has 0 aliphatic carbocycles. The van der Waals surface area contributed by atoms with Crippen LogP contribution in [0.4, 0.5) is 0 Å². The van der Waals surface area contributed by atoms with Crippen LogP contribution in [0.2, 0.25) is 0 Å². The third-order valence-electron chi connectivity index (χ3n) is 6.02. The van der Waals surface area contributed by atoms with Crippen molar-refractivity contribution in [2.75, 3.05) is 6.54 Å². The third kappa shape index (κ3) is 4.60. The molecule has 1 aromatic heterocycles. The van der Waals surface area contributed by atoms with Gasteiger partial charge in [0.05, 0.1) is 6.42 Å². The van der Waals surface area contributed by atoms with Gasteiger partial charge in [0.1, 0.15) is 0 Å². The number of amides is 1. The molecule has 0 saturated carbocycles. The second kappa shape index (κ2) is 7.90. The van der Waals surface area contributed by atoms with E-state index in [1.165, 1.54) is 10.9 Å². The van der Waals surface area contributed by atoms with E-state index in [9.17, 15) is 4.79 Å². The predicted molar refractivity (Wildman–Crippen MR) is 118 cm³/mol. The number of nitrogens with one attached hydrogen (secondary N) is 2. The van der Waals surface area contributed by atoms with Gasteiger partial charge in [0, 0.05) is 40.8 Å². The van der Waals surface area contributed by atoms with Crippen LogP contribution in [0.25, 0.3) is 10.9 Å². The summed E-state index contributed by atoms with van der Waals surface area (Å²) < 4.78 is 0. The number of aromatic amines is 1. The molecule has 28 heavy (non-hydrogen) atoms. The number of hydrogen-bond donors (Lipinski definition) is 2. The molecule has 2 N–H and O–H groups in total. The van der Waals surface area contributed by atoms with E-state index in [0.717, 1.165) is 43.3 Å². The smallest absolute Gasteiger partial charge is 0.227 e. The molecule has 1 aliphatic rings. The van der Waals surface area contributed by atoms with Crippen molar-refractivity contribution in [1.82, 2.24) is 15.2 Å². The number of benzene rings is 1. The first kappa shape index (κ1) is 20.9. The summed E-state index contributed by atoms with van der Waals surface area (Å²) in [5.41, 5.74) is 3.54. The fourth-order valence-electron chi connectivity index (χ4n) is 5.18. The molecule has 1 fully saturated rings. The lowest BCUT2D eigenvalue weighted by atomic mass is 9.79. The molecule has 3 rings (SSSR count). The van der Waals surface area contributed by atoms with Crippen molar-refractivity contribution in [3.63, 3.8) is 0 Å². The molecule has 4 heteroatoms. The van der Waals surface area contributed by atoms with Crippen LogP contribution >= 0.6 is 0 Å². The Labute approximate surface area is 170 Å². The van der Waals surface area contributed by atoms with E-state index in [1.807, 2.05) is 6.20 Å². The number of fused-ring (bicyclic) bond motifs is 1. The standard InChI is InChI=1S/C24H37N3O/c1-7-8-12-27(19-14-23(3,4)26-24(5,6)15-19)21(28)13-18-16-25-20-11-9-10-17(2)22(18)20/h9-11,16,19,25-26H,7-8,12-15H2,1-6H3. The van der Waals surface area contributed by atoms with E-state index in [1.54, 1.807) is 0 Å². The van der Waals surface area contributed by atoms with Crippen molar-refractivity contribution >= 4 is 16.8 Å². The minimum absolute atomic E-state index is 0.0362. The summed E-state index contributed by atoms with van der Waals surface area (Å²) in [5, 5.41) is 4.95. The zero-order valence-corrected chi connectivity index (χ0v) is 18.5. The minimum Gasteiger partial charge on any atom is -0.361 e. The summed E-state index contributed by atoms with van der Waals surface area (Å²) in [5.74, 6) is 0.260. The van der Waals surface area contributed by atoms with Gasteiger partial charge in [-0.1, -0.05) is 25.5 Å². The van der Waals surface area contributed by atoms with Crippen molar-refractivity contribution in [3.05, 3.63) is 35.5 Å². The number of piperidine rings is 1. The van der Waals surface area contributed by atoms with Crippen molar-refractivity contribution in [1.29, 1.82) is 0 Å². The fraction of sp³-hybridized carbons (Fsp3) is 0.625. The highest BCUT2D eigenvalue weighted by atomic mass is 16.2. The number of carbonyl (C=O) groups excluding carboxylic acids is 1. The average Bonchev–Trinajstić information content (AvgIpc) is 2.96. The van der Waals surface area contributed by atoms with Gasteiger partial charge in [-0.15, -0.1) is 0 Å². The predicted octanol–water partition coefficient (Wildman–Crippen LogP) is 4.96. The molecular weight excluding hydrogens is 346 g/mol. The highest BCUT2D eigenvalue weighted by Gasteiger charge is 2.41. The SMILES string of the molecule is CCCCN(C(=O)Cc1c[nH]c2cccc(C)c12)C1CC(C)(C)NC(C)(C)C1. The third-order valence-corrected chi connectivity index (χ3v) is 6.02. The fourth-order valence-corrected chi connectivity index (χ4v) is 5.18. The van der Waals surface area contributed by atoms with Crippen LogP contribution < -0.4 is 5.32 Å². The number of unbranched alkanes of at least 4 members (excludes halogenated alkanes) is 1. The Kier molecular flexibility index (Phi) is 5.90. The summed E-state index contributed by atoms with van der Waals surface area (Å²) in [6.07, 6.45) is 6.65. The molecule has 0 spiro atoms. The van der Waals surface area contributed by atoms with Crippen LogP contribution in [-0.4, -0.2) is 39.5 Å². The molecule has 1 saturated heterocycles. The molecule has 0 unspecified atom stereocenters. The number of rotatable bonds is 6. The van der Waals surface area contributed by atoms with Crippen LogP contribution in [-0.2, 0) is 11.2 Å². The van der Waals surface area contributed by atoms with E-state index >= 15 is 0 Å². The van der Waals surface area contributed by atoms with Crippen LogP contribution in [0.15, 0.2) is 24.4 Å². The van der Waals surface area contributed by atoms with Crippen LogP contribution in [0.5, 0.6) is 0 Å². The number of aryl methyl sites for hydroxylation is 1. The summed E-state index contributed by atoms with van der Waals surface area (Å²) in [6.45, 7) is 14.2. The largest absolute Gasteiger partial charge is 0.361 e. The van der Waals surface area contributed by atoms with Gasteiger partial charge in [-0.25, -0.2) is 0 Å². The summed E-state index contributed by atoms with van der Waals surface area (Å²) >= 11 is 0. The lowest BCUT2D eigenvalue weighted by molar-refractivity contribution is -0.134. The number of H-pyrrole nitrogens is 1. The molecule has 0 atom stereocenters. The Morgan fingerprint density at radius 1 is 1.18 bits per heavy atom.